The summed E-state index contributed by atoms with van der Waals surface area (Å²) in [5.74, 6) is -0.624. The summed E-state index contributed by atoms with van der Waals surface area (Å²) >= 11 is 4.24. The van der Waals surface area contributed by atoms with E-state index >= 15 is 0 Å². The zero-order valence-electron chi connectivity index (χ0n) is 11.1. The summed E-state index contributed by atoms with van der Waals surface area (Å²) in [6.07, 6.45) is 0. The van der Waals surface area contributed by atoms with Crippen molar-refractivity contribution < 1.29 is 14.3 Å². The van der Waals surface area contributed by atoms with E-state index in [4.69, 9.17) is 4.74 Å². The number of hydrogen-bond donors (Lipinski definition) is 1. The van der Waals surface area contributed by atoms with Gasteiger partial charge in [-0.25, -0.2) is 4.79 Å². The van der Waals surface area contributed by atoms with E-state index in [1.807, 2.05) is 20.8 Å². The summed E-state index contributed by atoms with van der Waals surface area (Å²) < 4.78 is 4.72. The van der Waals surface area contributed by atoms with Gasteiger partial charge in [0, 0.05) is 60.1 Å². The molecule has 6 heteroatoms. The van der Waals surface area contributed by atoms with E-state index in [1.165, 1.54) is 14.0 Å². The van der Waals surface area contributed by atoms with E-state index in [0.717, 1.165) is 11.4 Å². The van der Waals surface area contributed by atoms with Gasteiger partial charge in [-0.15, -0.1) is 0 Å². The quantitative estimate of drug-likeness (QED) is 0.490. The average Bonchev–Trinajstić information content (AvgIpc) is 2.29. The van der Waals surface area contributed by atoms with Gasteiger partial charge in [0.05, 0.1) is 12.7 Å². The minimum atomic E-state index is -0.385. The lowest BCUT2D eigenvalue weighted by atomic mass is 9.85. The molecule has 1 N–H and O–H groups in total. The molecule has 0 amide bonds. The van der Waals surface area contributed by atoms with Crippen LogP contribution in [-0.2, 0) is 14.3 Å². The van der Waals surface area contributed by atoms with Gasteiger partial charge in [0.2, 0.25) is 0 Å². The predicted molar refractivity (Wildman–Crippen MR) is 88.4 cm³/mol. The SMILES string of the molecule is COC(=O)C1=C(C)NC(C)=C(C(C)=O)C1C.II. The first kappa shape index (κ1) is 17.9. The van der Waals surface area contributed by atoms with Crippen LogP contribution in [0.15, 0.2) is 22.5 Å². The minimum absolute atomic E-state index is 0.0218. The Labute approximate surface area is 131 Å². The van der Waals surface area contributed by atoms with Crippen molar-refractivity contribution in [1.29, 1.82) is 0 Å². The highest BCUT2D eigenvalue weighted by Gasteiger charge is 2.30. The van der Waals surface area contributed by atoms with Crippen LogP contribution in [0, 0.1) is 5.92 Å². The second-order valence-electron chi connectivity index (χ2n) is 3.97. The largest absolute Gasteiger partial charge is 0.466 e. The van der Waals surface area contributed by atoms with Crippen molar-refractivity contribution in [1.82, 2.24) is 5.32 Å². The maximum Gasteiger partial charge on any atom is 0.336 e. The van der Waals surface area contributed by atoms with Crippen molar-refractivity contribution in [2.24, 2.45) is 5.92 Å². The van der Waals surface area contributed by atoms with Crippen LogP contribution in [0.4, 0.5) is 0 Å². The molecule has 1 unspecified atom stereocenters. The predicted octanol–water partition coefficient (Wildman–Crippen LogP) is 3.31. The van der Waals surface area contributed by atoms with Crippen LogP contribution in [-0.4, -0.2) is 18.9 Å². The second-order valence-corrected chi connectivity index (χ2v) is 3.97. The summed E-state index contributed by atoms with van der Waals surface area (Å²) in [6.45, 7) is 7.00. The van der Waals surface area contributed by atoms with Crippen LogP contribution in [0.3, 0.4) is 0 Å². The van der Waals surface area contributed by atoms with Crippen LogP contribution < -0.4 is 5.32 Å². The van der Waals surface area contributed by atoms with Crippen LogP contribution in [0.25, 0.3) is 0 Å². The lowest BCUT2D eigenvalue weighted by Gasteiger charge is -2.27. The van der Waals surface area contributed by atoms with E-state index in [0.29, 0.717) is 11.1 Å². The van der Waals surface area contributed by atoms with Gasteiger partial charge in [-0.3, -0.25) is 4.79 Å². The third-order valence-corrected chi connectivity index (χ3v) is 2.83. The third-order valence-electron chi connectivity index (χ3n) is 2.83. The van der Waals surface area contributed by atoms with Crippen molar-refractivity contribution in [3.63, 3.8) is 0 Å². The molecule has 0 aliphatic carbocycles. The van der Waals surface area contributed by atoms with Crippen LogP contribution >= 0.6 is 37.2 Å². The summed E-state index contributed by atoms with van der Waals surface area (Å²) in [7, 11) is 1.34. The Morgan fingerprint density at radius 3 is 2.00 bits per heavy atom. The minimum Gasteiger partial charge on any atom is -0.466 e. The Morgan fingerprint density at radius 1 is 1.17 bits per heavy atom. The number of carbonyl (C=O) groups excluding carboxylic acids is 2. The molecule has 0 radical (unpaired) electrons. The Morgan fingerprint density at radius 2 is 1.61 bits per heavy atom. The molecule has 0 aromatic carbocycles. The fourth-order valence-corrected chi connectivity index (χ4v) is 2.22. The first-order chi connectivity index (χ1) is 8.40. The highest BCUT2D eigenvalue weighted by atomic mass is 128. The summed E-state index contributed by atoms with van der Waals surface area (Å²) in [4.78, 5) is 23.1. The fraction of sp³-hybridized carbons (Fsp3) is 0.500. The molecule has 18 heavy (non-hydrogen) atoms. The summed E-state index contributed by atoms with van der Waals surface area (Å²) in [6, 6.07) is 0. The van der Waals surface area contributed by atoms with Crippen molar-refractivity contribution >= 4 is 49.0 Å². The average molecular weight is 477 g/mol. The molecule has 4 nitrogen and oxygen atoms in total. The molecule has 1 rings (SSSR count). The maximum absolute atomic E-state index is 11.6. The Hall–Kier alpha value is -0.120. The fourth-order valence-electron chi connectivity index (χ4n) is 2.22. The molecule has 0 spiro atoms. The van der Waals surface area contributed by atoms with E-state index in [2.05, 4.69) is 42.5 Å². The molecule has 1 aliphatic rings. The van der Waals surface area contributed by atoms with Crippen LogP contribution in [0.5, 0.6) is 0 Å². The lowest BCUT2D eigenvalue weighted by Crippen LogP contribution is -2.30. The van der Waals surface area contributed by atoms with Crippen LogP contribution in [0.2, 0.25) is 0 Å². The first-order valence-corrected chi connectivity index (χ1v) is 11.6. The molecule has 1 atom stereocenters. The molecule has 0 saturated heterocycles. The molecule has 1 aliphatic heterocycles. The van der Waals surface area contributed by atoms with Gasteiger partial charge in [0.15, 0.2) is 5.78 Å². The number of methoxy groups -OCH3 is 1. The molecule has 0 aromatic rings. The summed E-state index contributed by atoms with van der Waals surface area (Å²) in [5.41, 5.74) is 2.73. The molecule has 0 fully saturated rings. The van der Waals surface area contributed by atoms with Gasteiger partial charge in [-0.1, -0.05) is 6.92 Å². The van der Waals surface area contributed by atoms with Gasteiger partial charge in [-0.05, 0) is 20.8 Å². The molecule has 0 aromatic heterocycles. The van der Waals surface area contributed by atoms with Gasteiger partial charge in [0.1, 0.15) is 0 Å². The van der Waals surface area contributed by atoms with Gasteiger partial charge < -0.3 is 10.1 Å². The Kier molecular flexibility index (Phi) is 8.08. The van der Waals surface area contributed by atoms with Crippen LogP contribution in [0.1, 0.15) is 27.7 Å². The highest BCUT2D eigenvalue weighted by Crippen LogP contribution is 2.30. The van der Waals surface area contributed by atoms with Crippen molar-refractivity contribution in [3.05, 3.63) is 22.5 Å². The number of allylic oxidation sites excluding steroid dienone is 3. The van der Waals surface area contributed by atoms with E-state index in [1.54, 1.807) is 0 Å². The first-order valence-electron chi connectivity index (χ1n) is 5.32. The number of esters is 1. The van der Waals surface area contributed by atoms with E-state index in [-0.39, 0.29) is 17.7 Å². The Bertz CT molecular complexity index is 414. The number of ether oxygens (including phenoxy) is 1. The molecule has 0 saturated carbocycles. The normalized spacial score (nSPS) is 18.7. The number of rotatable bonds is 2. The lowest BCUT2D eigenvalue weighted by molar-refractivity contribution is -0.136. The zero-order chi connectivity index (χ0) is 14.5. The number of hydrogen-bond acceptors (Lipinski definition) is 4. The van der Waals surface area contributed by atoms with Crippen molar-refractivity contribution in [2.75, 3.05) is 7.11 Å². The number of Topliss-reactive ketones (excluding diaryl/α,β-unsaturated/α-hetero) is 1. The number of ketones is 1. The molecular formula is C12H17I2NO3. The molecule has 1 heterocycles. The number of halogens is 2. The standard InChI is InChI=1S/C12H17NO3.I2/c1-6-10(9(4)14)7(2)13-8(3)11(6)12(15)16-5;1-2/h6,13H,1-5H3;. The van der Waals surface area contributed by atoms with E-state index < -0.39 is 0 Å². The van der Waals surface area contributed by atoms with Crippen molar-refractivity contribution in [2.45, 2.75) is 27.7 Å². The Balaban J connectivity index is 0.00000137. The van der Waals surface area contributed by atoms with Gasteiger partial charge >= 0.3 is 5.97 Å². The molecule has 102 valence electrons. The zero-order valence-corrected chi connectivity index (χ0v) is 15.4. The van der Waals surface area contributed by atoms with Gasteiger partial charge in [0.25, 0.3) is 0 Å². The topological polar surface area (TPSA) is 55.4 Å². The molecular weight excluding hydrogens is 460 g/mol. The van der Waals surface area contributed by atoms with Gasteiger partial charge in [-0.2, -0.15) is 0 Å². The number of carbonyl (C=O) groups is 2. The summed E-state index contributed by atoms with van der Waals surface area (Å²) in [5, 5.41) is 3.04. The maximum atomic E-state index is 11.6. The second kappa shape index (κ2) is 8.13. The molecule has 0 bridgehead atoms. The number of dihydropyridines is 1. The number of nitrogens with one attached hydrogen (secondary N) is 1. The highest BCUT2D eigenvalue weighted by molar-refractivity contribution is 15.0. The van der Waals surface area contributed by atoms with Crippen molar-refractivity contribution in [3.8, 4) is 0 Å². The van der Waals surface area contributed by atoms with E-state index in [9.17, 15) is 9.59 Å². The third kappa shape index (κ3) is 3.94. The smallest absolute Gasteiger partial charge is 0.336 e. The monoisotopic (exact) mass is 477 g/mol.